The van der Waals surface area contributed by atoms with Gasteiger partial charge < -0.3 is 20.4 Å². The molecule has 0 saturated heterocycles. The molecule has 24 heavy (non-hydrogen) atoms. The molecule has 2 aliphatic rings. The third kappa shape index (κ3) is 2.14. The third-order valence-corrected chi connectivity index (χ3v) is 7.27. The molecule has 1 aromatic carbocycles. The lowest BCUT2D eigenvalue weighted by atomic mass is 9.60. The Kier molecular flexibility index (Phi) is 3.65. The zero-order valence-electron chi connectivity index (χ0n) is 14.4. The summed E-state index contributed by atoms with van der Waals surface area (Å²) in [4.78, 5) is 11.5. The average Bonchev–Trinajstić information content (AvgIpc) is 2.82. The zero-order chi connectivity index (χ0) is 17.9. The lowest BCUT2D eigenvalue weighted by Gasteiger charge is -2.47. The minimum absolute atomic E-state index is 0.0309. The first kappa shape index (κ1) is 17.1. The number of carboxylic acids is 1. The highest BCUT2D eigenvalue weighted by molar-refractivity contribution is 5.69. The van der Waals surface area contributed by atoms with Crippen LogP contribution in [0.15, 0.2) is 18.2 Å². The maximum atomic E-state index is 11.5. The van der Waals surface area contributed by atoms with Gasteiger partial charge in [0, 0.05) is 0 Å². The van der Waals surface area contributed by atoms with Gasteiger partial charge in [0.2, 0.25) is 0 Å². The molecule has 0 radical (unpaired) electrons. The number of benzene rings is 1. The van der Waals surface area contributed by atoms with Crippen LogP contribution in [0.2, 0.25) is 0 Å². The number of carboxylic acid groups (broad SMARTS) is 1. The first-order valence-electron chi connectivity index (χ1n) is 8.49. The smallest absolute Gasteiger partial charge is 0.306 e. The molecule has 0 aromatic heterocycles. The molecule has 2 saturated carbocycles. The van der Waals surface area contributed by atoms with Crippen molar-refractivity contribution in [2.45, 2.75) is 52.1 Å². The molecule has 0 aliphatic heterocycles. The minimum Gasteiger partial charge on any atom is -0.504 e. The molecule has 2 bridgehead atoms. The lowest BCUT2D eigenvalue weighted by Crippen LogP contribution is -2.46. The molecule has 2 fully saturated rings. The molecule has 4 atom stereocenters. The predicted octanol–water partition coefficient (Wildman–Crippen LogP) is 3.22. The summed E-state index contributed by atoms with van der Waals surface area (Å²) < 4.78 is 0. The second-order valence-electron chi connectivity index (χ2n) is 8.36. The van der Waals surface area contributed by atoms with E-state index in [1.165, 1.54) is 18.2 Å². The zero-order valence-corrected chi connectivity index (χ0v) is 14.4. The van der Waals surface area contributed by atoms with Crippen LogP contribution >= 0.6 is 0 Å². The van der Waals surface area contributed by atoms with Crippen LogP contribution in [-0.4, -0.2) is 26.4 Å². The Bertz CT molecular complexity index is 682. The van der Waals surface area contributed by atoms with Crippen molar-refractivity contribution in [1.82, 2.24) is 0 Å². The molecule has 0 heterocycles. The second-order valence-corrected chi connectivity index (χ2v) is 8.36. The van der Waals surface area contributed by atoms with Crippen LogP contribution in [0.25, 0.3) is 0 Å². The summed E-state index contributed by atoms with van der Waals surface area (Å²) in [5.41, 5.74) is -1.36. The highest BCUT2D eigenvalue weighted by atomic mass is 16.4. The number of rotatable bonds is 4. The first-order valence-corrected chi connectivity index (χ1v) is 8.49. The van der Waals surface area contributed by atoms with E-state index in [2.05, 4.69) is 20.8 Å². The number of aromatic hydroxyl groups is 2. The van der Waals surface area contributed by atoms with E-state index >= 15 is 0 Å². The monoisotopic (exact) mass is 334 g/mol. The summed E-state index contributed by atoms with van der Waals surface area (Å²) in [6, 6.07) is 4.11. The van der Waals surface area contributed by atoms with E-state index in [1.54, 1.807) is 0 Å². The molecule has 5 nitrogen and oxygen atoms in total. The molecule has 1 aromatic rings. The summed E-state index contributed by atoms with van der Waals surface area (Å²) in [5, 5.41) is 40.3. The Morgan fingerprint density at radius 1 is 1.25 bits per heavy atom. The molecule has 0 spiro atoms. The molecular weight excluding hydrogens is 308 g/mol. The Morgan fingerprint density at radius 2 is 1.92 bits per heavy atom. The largest absolute Gasteiger partial charge is 0.504 e. The van der Waals surface area contributed by atoms with Gasteiger partial charge in [-0.1, -0.05) is 26.8 Å². The maximum Gasteiger partial charge on any atom is 0.306 e. The van der Waals surface area contributed by atoms with E-state index in [-0.39, 0.29) is 28.2 Å². The summed E-state index contributed by atoms with van der Waals surface area (Å²) in [6.07, 6.45) is 2.42. The molecule has 5 heteroatoms. The van der Waals surface area contributed by atoms with Crippen molar-refractivity contribution >= 4 is 5.97 Å². The van der Waals surface area contributed by atoms with E-state index < -0.39 is 18.0 Å². The quantitative estimate of drug-likeness (QED) is 0.634. The van der Waals surface area contributed by atoms with Crippen LogP contribution in [-0.2, 0) is 10.4 Å². The van der Waals surface area contributed by atoms with Gasteiger partial charge in [0.15, 0.2) is 11.5 Å². The van der Waals surface area contributed by atoms with Crippen molar-refractivity contribution in [3.63, 3.8) is 0 Å². The number of carbonyl (C=O) groups is 1. The highest BCUT2D eigenvalue weighted by Gasteiger charge is 2.66. The predicted molar refractivity (Wildman–Crippen MR) is 88.6 cm³/mol. The Labute approximate surface area is 142 Å². The van der Waals surface area contributed by atoms with Crippen molar-refractivity contribution in [3.05, 3.63) is 23.8 Å². The van der Waals surface area contributed by atoms with Crippen LogP contribution in [0.5, 0.6) is 11.5 Å². The van der Waals surface area contributed by atoms with E-state index in [1.807, 2.05) is 0 Å². The summed E-state index contributed by atoms with van der Waals surface area (Å²) >= 11 is 0. The van der Waals surface area contributed by atoms with E-state index in [0.717, 1.165) is 19.3 Å². The number of hydrogen-bond donors (Lipinski definition) is 4. The average molecular weight is 334 g/mol. The Hall–Kier alpha value is -1.75. The van der Waals surface area contributed by atoms with Gasteiger partial charge in [-0.05, 0) is 59.6 Å². The Balaban J connectivity index is 2.10. The van der Waals surface area contributed by atoms with E-state index in [0.29, 0.717) is 11.5 Å². The molecule has 0 amide bonds. The number of aliphatic hydroxyl groups is 1. The van der Waals surface area contributed by atoms with Crippen LogP contribution < -0.4 is 0 Å². The molecule has 4 unspecified atom stereocenters. The minimum atomic E-state index is -1.57. The van der Waals surface area contributed by atoms with Crippen molar-refractivity contribution in [3.8, 4) is 11.5 Å². The third-order valence-electron chi connectivity index (χ3n) is 7.27. The van der Waals surface area contributed by atoms with Gasteiger partial charge in [-0.3, -0.25) is 4.79 Å². The first-order chi connectivity index (χ1) is 11.0. The van der Waals surface area contributed by atoms with E-state index in [4.69, 9.17) is 0 Å². The van der Waals surface area contributed by atoms with Crippen LogP contribution in [0, 0.1) is 22.7 Å². The van der Waals surface area contributed by atoms with Crippen LogP contribution in [0.3, 0.4) is 0 Å². The fourth-order valence-electron chi connectivity index (χ4n) is 5.38. The van der Waals surface area contributed by atoms with Gasteiger partial charge in [0.25, 0.3) is 0 Å². The van der Waals surface area contributed by atoms with Crippen LogP contribution in [0.1, 0.15) is 52.0 Å². The van der Waals surface area contributed by atoms with E-state index in [9.17, 15) is 25.2 Å². The number of hydrogen-bond acceptors (Lipinski definition) is 4. The fourth-order valence-corrected chi connectivity index (χ4v) is 5.38. The summed E-state index contributed by atoms with van der Waals surface area (Å²) in [6.45, 7) is 6.57. The number of phenols is 2. The molecular formula is C19H26O5. The van der Waals surface area contributed by atoms with Gasteiger partial charge in [-0.15, -0.1) is 0 Å². The molecule has 4 N–H and O–H groups in total. The standard InChI is InChI=1S/C19H26O5/c1-17(2)11-6-7-18(17,3)15(9-11)19(24,10-16(22)23)12-4-5-13(20)14(21)8-12/h4-5,8,11,15,20-21,24H,6-7,9-10H2,1-3H3,(H,22,23). The topological polar surface area (TPSA) is 98.0 Å². The fraction of sp³-hybridized carbons (Fsp3) is 0.632. The van der Waals surface area contributed by atoms with Gasteiger partial charge in [0.1, 0.15) is 5.60 Å². The van der Waals surface area contributed by atoms with Gasteiger partial charge in [-0.25, -0.2) is 0 Å². The van der Waals surface area contributed by atoms with Crippen molar-refractivity contribution in [2.24, 2.45) is 22.7 Å². The molecule has 132 valence electrons. The number of aliphatic carboxylic acids is 1. The Morgan fingerprint density at radius 3 is 2.38 bits per heavy atom. The molecule has 2 aliphatic carbocycles. The van der Waals surface area contributed by atoms with Crippen molar-refractivity contribution in [1.29, 1.82) is 0 Å². The van der Waals surface area contributed by atoms with Crippen LogP contribution in [0.4, 0.5) is 0 Å². The molecule has 3 rings (SSSR count). The maximum absolute atomic E-state index is 11.5. The SMILES string of the molecule is CC1(C)C2CCC1(C)C(C(O)(CC(=O)O)c1ccc(O)c(O)c1)C2. The van der Waals surface area contributed by atoms with Crippen molar-refractivity contribution < 1.29 is 25.2 Å². The lowest BCUT2D eigenvalue weighted by molar-refractivity contribution is -0.151. The normalized spacial score (nSPS) is 33.3. The van der Waals surface area contributed by atoms with Gasteiger partial charge in [-0.2, -0.15) is 0 Å². The second kappa shape index (κ2) is 5.12. The van der Waals surface area contributed by atoms with Gasteiger partial charge in [0.05, 0.1) is 6.42 Å². The number of phenolic OH excluding ortho intramolecular Hbond substituents is 2. The number of fused-ring (bicyclic) bond motifs is 2. The highest BCUT2D eigenvalue weighted by Crippen LogP contribution is 2.71. The van der Waals surface area contributed by atoms with Crippen molar-refractivity contribution in [2.75, 3.05) is 0 Å². The summed E-state index contributed by atoms with van der Waals surface area (Å²) in [5.74, 6) is -1.45. The summed E-state index contributed by atoms with van der Waals surface area (Å²) in [7, 11) is 0. The van der Waals surface area contributed by atoms with Gasteiger partial charge >= 0.3 is 5.97 Å².